The normalized spacial score (nSPS) is 11.2. The summed E-state index contributed by atoms with van der Waals surface area (Å²) in [6, 6.07) is 6.69. The van der Waals surface area contributed by atoms with Crippen LogP contribution in [0.25, 0.3) is 0 Å². The van der Waals surface area contributed by atoms with Gasteiger partial charge >= 0.3 is 0 Å². The Kier molecular flexibility index (Phi) is 6.09. The van der Waals surface area contributed by atoms with Gasteiger partial charge in [0.25, 0.3) is 0 Å². The first-order valence-corrected chi connectivity index (χ1v) is 10.8. The number of methoxy groups -OCH3 is 1. The molecule has 154 valence electrons. The second-order valence-corrected chi connectivity index (χ2v) is 8.11. The van der Waals surface area contributed by atoms with E-state index in [1.165, 1.54) is 13.3 Å². The lowest BCUT2D eigenvalue weighted by atomic mass is 10.2. The Labute approximate surface area is 173 Å². The highest BCUT2D eigenvalue weighted by Crippen LogP contribution is 2.32. The maximum Gasteiger partial charge on any atom is 0.230 e. The van der Waals surface area contributed by atoms with Gasteiger partial charge in [-0.25, -0.2) is 18.1 Å². The van der Waals surface area contributed by atoms with Crippen LogP contribution in [-0.4, -0.2) is 41.5 Å². The van der Waals surface area contributed by atoms with Gasteiger partial charge in [-0.3, -0.25) is 4.72 Å². The molecule has 0 unspecified atom stereocenters. The molecular formula is C17H20ClN7O3S. The topological polar surface area (TPSA) is 123 Å². The molecular weight excluding hydrogens is 418 g/mol. The Morgan fingerprint density at radius 2 is 2.00 bits per heavy atom. The van der Waals surface area contributed by atoms with E-state index in [-0.39, 0.29) is 5.02 Å². The molecule has 3 N–H and O–H groups in total. The zero-order valence-corrected chi connectivity index (χ0v) is 17.5. The van der Waals surface area contributed by atoms with Crippen LogP contribution in [-0.2, 0) is 16.6 Å². The van der Waals surface area contributed by atoms with E-state index >= 15 is 0 Å². The fourth-order valence-corrected chi connectivity index (χ4v) is 3.20. The number of nitrogens with zero attached hydrogens (tertiary/aromatic N) is 4. The summed E-state index contributed by atoms with van der Waals surface area (Å²) in [6.07, 6.45) is 4.17. The summed E-state index contributed by atoms with van der Waals surface area (Å²) in [7, 11) is -2.02. The molecule has 2 heterocycles. The van der Waals surface area contributed by atoms with E-state index in [0.717, 1.165) is 12.1 Å². The van der Waals surface area contributed by atoms with Crippen molar-refractivity contribution in [2.75, 3.05) is 28.7 Å². The van der Waals surface area contributed by atoms with Gasteiger partial charge in [0, 0.05) is 18.7 Å². The van der Waals surface area contributed by atoms with Crippen LogP contribution in [0.15, 0.2) is 36.7 Å². The molecule has 0 radical (unpaired) electrons. The number of nitrogens with one attached hydrogen (secondary N) is 3. The van der Waals surface area contributed by atoms with Gasteiger partial charge in [-0.05, 0) is 19.1 Å². The molecule has 10 nitrogen and oxygen atoms in total. The lowest BCUT2D eigenvalue weighted by Gasteiger charge is -2.15. The van der Waals surface area contributed by atoms with E-state index in [2.05, 4.69) is 30.4 Å². The Hall–Kier alpha value is -3.05. The van der Waals surface area contributed by atoms with Gasteiger partial charge in [0.15, 0.2) is 5.82 Å². The summed E-state index contributed by atoms with van der Waals surface area (Å²) in [5.74, 6) is 1.82. The van der Waals surface area contributed by atoms with Gasteiger partial charge in [-0.15, -0.1) is 0 Å². The number of hydrogen-bond donors (Lipinski definition) is 3. The quantitative estimate of drug-likeness (QED) is 0.490. The fourth-order valence-electron chi connectivity index (χ4n) is 2.49. The van der Waals surface area contributed by atoms with E-state index in [1.807, 2.05) is 6.92 Å². The largest absolute Gasteiger partial charge is 0.497 e. The highest BCUT2D eigenvalue weighted by molar-refractivity contribution is 7.92. The van der Waals surface area contributed by atoms with Crippen molar-refractivity contribution in [2.45, 2.75) is 13.5 Å². The molecule has 0 spiro atoms. The van der Waals surface area contributed by atoms with Crippen LogP contribution in [0.2, 0.25) is 5.02 Å². The van der Waals surface area contributed by atoms with Crippen molar-refractivity contribution in [1.82, 2.24) is 19.7 Å². The molecule has 0 saturated carbocycles. The molecule has 3 rings (SSSR count). The zero-order valence-electron chi connectivity index (χ0n) is 16.0. The van der Waals surface area contributed by atoms with Gasteiger partial charge in [0.2, 0.25) is 16.0 Å². The summed E-state index contributed by atoms with van der Waals surface area (Å²) in [6.45, 7) is 2.65. The molecule has 1 aromatic carbocycles. The number of benzene rings is 1. The SMILES string of the molecule is CCn1nccc1Nc1ncc(Cl)c(Nc2ccc(OC)cc2NS(C)(=O)=O)n1. The minimum atomic E-state index is -3.51. The van der Waals surface area contributed by atoms with E-state index < -0.39 is 10.0 Å². The Bertz CT molecular complexity index is 1120. The first-order chi connectivity index (χ1) is 13.8. The Morgan fingerprint density at radius 3 is 2.69 bits per heavy atom. The monoisotopic (exact) mass is 437 g/mol. The molecule has 12 heteroatoms. The van der Waals surface area contributed by atoms with Crippen LogP contribution in [0.5, 0.6) is 5.75 Å². The van der Waals surface area contributed by atoms with E-state index in [0.29, 0.717) is 35.4 Å². The average Bonchev–Trinajstić information content (AvgIpc) is 3.11. The number of sulfonamides is 1. The molecule has 0 saturated heterocycles. The average molecular weight is 438 g/mol. The molecule has 0 fully saturated rings. The first kappa shape index (κ1) is 20.7. The minimum absolute atomic E-state index is 0.265. The number of anilines is 5. The van der Waals surface area contributed by atoms with Crippen LogP contribution in [0.3, 0.4) is 0 Å². The van der Waals surface area contributed by atoms with Crippen molar-refractivity contribution >= 4 is 50.6 Å². The number of aryl methyl sites for hydroxylation is 1. The second kappa shape index (κ2) is 8.53. The van der Waals surface area contributed by atoms with E-state index in [1.54, 1.807) is 35.1 Å². The van der Waals surface area contributed by atoms with Gasteiger partial charge in [-0.2, -0.15) is 10.1 Å². The van der Waals surface area contributed by atoms with Gasteiger partial charge < -0.3 is 15.4 Å². The van der Waals surface area contributed by atoms with Crippen molar-refractivity contribution < 1.29 is 13.2 Å². The molecule has 0 amide bonds. The van der Waals surface area contributed by atoms with Gasteiger partial charge in [0.1, 0.15) is 16.6 Å². The van der Waals surface area contributed by atoms with Crippen molar-refractivity contribution in [3.8, 4) is 5.75 Å². The fraction of sp³-hybridized carbons (Fsp3) is 0.235. The summed E-state index contributed by atoms with van der Waals surface area (Å²) in [4.78, 5) is 8.56. The third-order valence-electron chi connectivity index (χ3n) is 3.78. The zero-order chi connectivity index (χ0) is 21.0. The molecule has 0 bridgehead atoms. The molecule has 2 aromatic heterocycles. The molecule has 0 aliphatic heterocycles. The first-order valence-electron chi connectivity index (χ1n) is 8.53. The summed E-state index contributed by atoms with van der Waals surface area (Å²) in [5.41, 5.74) is 0.737. The number of halogens is 1. The van der Waals surface area contributed by atoms with Crippen LogP contribution < -0.4 is 20.1 Å². The highest BCUT2D eigenvalue weighted by atomic mass is 35.5. The summed E-state index contributed by atoms with van der Waals surface area (Å²) in [5, 5.41) is 10.6. The maximum atomic E-state index is 11.7. The van der Waals surface area contributed by atoms with Crippen molar-refractivity contribution in [2.24, 2.45) is 0 Å². The van der Waals surface area contributed by atoms with Crippen LogP contribution in [0, 0.1) is 0 Å². The number of aromatic nitrogens is 4. The molecule has 29 heavy (non-hydrogen) atoms. The predicted molar refractivity (Wildman–Crippen MR) is 113 cm³/mol. The minimum Gasteiger partial charge on any atom is -0.497 e. The smallest absolute Gasteiger partial charge is 0.230 e. The number of hydrogen-bond acceptors (Lipinski definition) is 8. The van der Waals surface area contributed by atoms with E-state index in [4.69, 9.17) is 16.3 Å². The molecule has 0 aliphatic carbocycles. The maximum absolute atomic E-state index is 11.7. The lowest BCUT2D eigenvalue weighted by Crippen LogP contribution is -2.12. The highest BCUT2D eigenvalue weighted by Gasteiger charge is 2.13. The molecule has 0 atom stereocenters. The summed E-state index contributed by atoms with van der Waals surface area (Å²) < 4.78 is 32.8. The van der Waals surface area contributed by atoms with Gasteiger partial charge in [0.05, 0.1) is 37.1 Å². The third-order valence-corrected chi connectivity index (χ3v) is 4.64. The standard InChI is InChI=1S/C17H20ClN7O3S/c1-4-25-15(7-8-20-25)22-17-19-10-12(18)16(23-17)21-13-6-5-11(28-2)9-14(13)24-29(3,26)27/h5-10,24H,4H2,1-3H3,(H2,19,21,22,23). The van der Waals surface area contributed by atoms with Crippen molar-refractivity contribution in [1.29, 1.82) is 0 Å². The molecule has 0 aliphatic rings. The van der Waals surface area contributed by atoms with Crippen LogP contribution >= 0.6 is 11.6 Å². The Balaban J connectivity index is 1.92. The van der Waals surface area contributed by atoms with Gasteiger partial charge in [-0.1, -0.05) is 11.6 Å². The molecule has 3 aromatic rings. The Morgan fingerprint density at radius 1 is 1.21 bits per heavy atom. The second-order valence-electron chi connectivity index (χ2n) is 5.96. The predicted octanol–water partition coefficient (Wildman–Crippen LogP) is 3.21. The summed E-state index contributed by atoms with van der Waals surface area (Å²) >= 11 is 6.23. The van der Waals surface area contributed by atoms with Crippen LogP contribution in [0.4, 0.5) is 29.0 Å². The van der Waals surface area contributed by atoms with Crippen molar-refractivity contribution in [3.63, 3.8) is 0 Å². The lowest BCUT2D eigenvalue weighted by molar-refractivity contribution is 0.415. The number of rotatable bonds is 8. The number of ether oxygens (including phenoxy) is 1. The van der Waals surface area contributed by atoms with Crippen LogP contribution in [0.1, 0.15) is 6.92 Å². The van der Waals surface area contributed by atoms with E-state index in [9.17, 15) is 8.42 Å². The third kappa shape index (κ3) is 5.27. The van der Waals surface area contributed by atoms with Crippen molar-refractivity contribution in [3.05, 3.63) is 41.7 Å².